The van der Waals surface area contributed by atoms with Gasteiger partial charge in [0.05, 0.1) is 17.0 Å². The number of nitrogens with two attached hydrogens (primary N) is 1. The molecule has 5 heteroatoms. The van der Waals surface area contributed by atoms with Crippen LogP contribution in [0.3, 0.4) is 0 Å². The minimum Gasteiger partial charge on any atom is -0.389 e. The Morgan fingerprint density at radius 1 is 1.40 bits per heavy atom. The maximum Gasteiger partial charge on any atom is 0.108 e. The lowest BCUT2D eigenvalue weighted by Gasteiger charge is -2.17. The van der Waals surface area contributed by atoms with Gasteiger partial charge in [-0.2, -0.15) is 4.99 Å². The topological polar surface area (TPSA) is 78.8 Å². The van der Waals surface area contributed by atoms with Crippen LogP contribution in [0.25, 0.3) is 0 Å². The number of hydrogen-bond acceptors (Lipinski definition) is 5. The standard InChI is InChI=1S/C10H12N2O2S/c11-5-9(13)10(14)7-3-1-2-4-8(7)12-6-15/h1-4,9-10,13-14H,5,11H2. The van der Waals surface area contributed by atoms with Crippen molar-refractivity contribution < 1.29 is 10.2 Å². The van der Waals surface area contributed by atoms with Gasteiger partial charge >= 0.3 is 0 Å². The molecule has 2 unspecified atom stereocenters. The molecule has 0 radical (unpaired) electrons. The number of hydrogen-bond donors (Lipinski definition) is 3. The first-order valence-corrected chi connectivity index (χ1v) is 4.84. The number of rotatable bonds is 4. The van der Waals surface area contributed by atoms with E-state index in [1.807, 2.05) is 0 Å². The molecule has 0 heterocycles. The highest BCUT2D eigenvalue weighted by atomic mass is 32.1. The summed E-state index contributed by atoms with van der Waals surface area (Å²) in [6, 6.07) is 6.84. The van der Waals surface area contributed by atoms with Crippen molar-refractivity contribution in [3.63, 3.8) is 0 Å². The number of aliphatic hydroxyl groups is 2. The summed E-state index contributed by atoms with van der Waals surface area (Å²) < 4.78 is 0. The van der Waals surface area contributed by atoms with E-state index in [-0.39, 0.29) is 6.54 Å². The second kappa shape index (κ2) is 5.70. The van der Waals surface area contributed by atoms with Gasteiger partial charge in [0.25, 0.3) is 0 Å². The third-order valence-corrected chi connectivity index (χ3v) is 2.12. The van der Waals surface area contributed by atoms with E-state index in [0.717, 1.165) is 0 Å². The minimum absolute atomic E-state index is 0.0171. The largest absolute Gasteiger partial charge is 0.389 e. The average molecular weight is 224 g/mol. The van der Waals surface area contributed by atoms with Crippen molar-refractivity contribution in [1.29, 1.82) is 0 Å². The molecule has 1 rings (SSSR count). The van der Waals surface area contributed by atoms with Crippen molar-refractivity contribution >= 4 is 23.1 Å². The second-order valence-electron chi connectivity index (χ2n) is 3.01. The summed E-state index contributed by atoms with van der Waals surface area (Å²) in [6.45, 7) is -0.0171. The molecular formula is C10H12N2O2S. The van der Waals surface area contributed by atoms with E-state index in [9.17, 15) is 10.2 Å². The van der Waals surface area contributed by atoms with E-state index in [0.29, 0.717) is 11.3 Å². The lowest BCUT2D eigenvalue weighted by Crippen LogP contribution is -2.27. The fraction of sp³-hybridized carbons (Fsp3) is 0.300. The highest BCUT2D eigenvalue weighted by molar-refractivity contribution is 7.78. The fourth-order valence-electron chi connectivity index (χ4n) is 1.22. The van der Waals surface area contributed by atoms with Gasteiger partial charge in [-0.05, 0) is 18.3 Å². The zero-order chi connectivity index (χ0) is 11.3. The maximum atomic E-state index is 9.74. The van der Waals surface area contributed by atoms with E-state index >= 15 is 0 Å². The molecular weight excluding hydrogens is 212 g/mol. The first-order valence-electron chi connectivity index (χ1n) is 4.43. The molecule has 80 valence electrons. The van der Waals surface area contributed by atoms with E-state index < -0.39 is 12.2 Å². The monoisotopic (exact) mass is 224 g/mol. The molecule has 0 fully saturated rings. The lowest BCUT2D eigenvalue weighted by molar-refractivity contribution is 0.0247. The van der Waals surface area contributed by atoms with E-state index in [2.05, 4.69) is 22.4 Å². The fourth-order valence-corrected chi connectivity index (χ4v) is 1.32. The molecule has 0 aliphatic heterocycles. The molecule has 0 amide bonds. The predicted molar refractivity (Wildman–Crippen MR) is 61.1 cm³/mol. The number of aliphatic hydroxyl groups excluding tert-OH is 2. The van der Waals surface area contributed by atoms with E-state index in [1.165, 1.54) is 0 Å². The summed E-state index contributed by atoms with van der Waals surface area (Å²) in [5.41, 5.74) is 6.24. The Balaban J connectivity index is 3.07. The van der Waals surface area contributed by atoms with Gasteiger partial charge in [-0.25, -0.2) is 0 Å². The zero-order valence-corrected chi connectivity index (χ0v) is 8.81. The molecule has 0 bridgehead atoms. The first-order chi connectivity index (χ1) is 7.20. The van der Waals surface area contributed by atoms with Gasteiger partial charge < -0.3 is 15.9 Å². The summed E-state index contributed by atoms with van der Waals surface area (Å²) in [7, 11) is 0. The van der Waals surface area contributed by atoms with Gasteiger partial charge in [-0.15, -0.1) is 0 Å². The van der Waals surface area contributed by atoms with Crippen molar-refractivity contribution in [2.45, 2.75) is 12.2 Å². The molecule has 0 saturated heterocycles. The Morgan fingerprint density at radius 3 is 2.67 bits per heavy atom. The molecule has 4 N–H and O–H groups in total. The Bertz CT molecular complexity index is 377. The SMILES string of the molecule is NCC(O)C(O)c1ccccc1N=C=S. The summed E-state index contributed by atoms with van der Waals surface area (Å²) in [6.07, 6.45) is -2.07. The van der Waals surface area contributed by atoms with Gasteiger partial charge in [-0.1, -0.05) is 18.2 Å². The first kappa shape index (κ1) is 12.0. The van der Waals surface area contributed by atoms with Gasteiger partial charge in [-0.3, -0.25) is 0 Å². The molecule has 4 nitrogen and oxygen atoms in total. The molecule has 1 aromatic rings. The summed E-state index contributed by atoms with van der Waals surface area (Å²) in [4.78, 5) is 3.80. The molecule has 0 aliphatic rings. The average Bonchev–Trinajstić information content (AvgIpc) is 2.28. The number of benzene rings is 1. The molecule has 0 saturated carbocycles. The van der Waals surface area contributed by atoms with Crippen LogP contribution in [0.5, 0.6) is 0 Å². The summed E-state index contributed by atoms with van der Waals surface area (Å²) in [5.74, 6) is 0. The molecule has 0 aliphatic carbocycles. The van der Waals surface area contributed by atoms with Crippen molar-refractivity contribution in [1.82, 2.24) is 0 Å². The Labute approximate surface area is 93.1 Å². The van der Waals surface area contributed by atoms with Crippen LogP contribution >= 0.6 is 12.2 Å². The Morgan fingerprint density at radius 2 is 2.07 bits per heavy atom. The molecule has 0 aromatic heterocycles. The second-order valence-corrected chi connectivity index (χ2v) is 3.19. The van der Waals surface area contributed by atoms with Crippen LogP contribution < -0.4 is 5.73 Å². The van der Waals surface area contributed by atoms with Crippen LogP contribution in [-0.2, 0) is 0 Å². The van der Waals surface area contributed by atoms with Crippen molar-refractivity contribution in [2.75, 3.05) is 6.54 Å². The van der Waals surface area contributed by atoms with E-state index in [1.54, 1.807) is 24.3 Å². The minimum atomic E-state index is -1.06. The van der Waals surface area contributed by atoms with Crippen LogP contribution in [0, 0.1) is 0 Å². The van der Waals surface area contributed by atoms with Crippen LogP contribution in [0.15, 0.2) is 29.3 Å². The van der Waals surface area contributed by atoms with Crippen molar-refractivity contribution in [2.24, 2.45) is 10.7 Å². The highest BCUT2D eigenvalue weighted by Crippen LogP contribution is 2.26. The third-order valence-electron chi connectivity index (χ3n) is 2.03. The van der Waals surface area contributed by atoms with Crippen LogP contribution in [0.4, 0.5) is 5.69 Å². The molecule has 15 heavy (non-hydrogen) atoms. The molecule has 1 aromatic carbocycles. The van der Waals surface area contributed by atoms with Crippen LogP contribution in [0.2, 0.25) is 0 Å². The van der Waals surface area contributed by atoms with E-state index in [4.69, 9.17) is 5.73 Å². The third kappa shape index (κ3) is 2.92. The number of aliphatic imine (C=N–C) groups is 1. The summed E-state index contributed by atoms with van der Waals surface area (Å²) >= 11 is 4.49. The molecule has 2 atom stereocenters. The number of isothiocyanates is 1. The van der Waals surface area contributed by atoms with Gasteiger partial charge in [0, 0.05) is 12.1 Å². The maximum absolute atomic E-state index is 9.74. The Kier molecular flexibility index (Phi) is 4.55. The highest BCUT2D eigenvalue weighted by Gasteiger charge is 2.19. The van der Waals surface area contributed by atoms with Gasteiger partial charge in [0.1, 0.15) is 6.10 Å². The van der Waals surface area contributed by atoms with Crippen molar-refractivity contribution in [3.05, 3.63) is 29.8 Å². The van der Waals surface area contributed by atoms with Crippen LogP contribution in [0.1, 0.15) is 11.7 Å². The smallest absolute Gasteiger partial charge is 0.108 e. The number of thiocarbonyl (C=S) groups is 1. The predicted octanol–water partition coefficient (Wildman–Crippen LogP) is 0.774. The summed E-state index contributed by atoms with van der Waals surface area (Å²) in [5, 5.41) is 21.4. The zero-order valence-electron chi connectivity index (χ0n) is 8.00. The molecule has 0 spiro atoms. The van der Waals surface area contributed by atoms with Gasteiger partial charge in [0.15, 0.2) is 0 Å². The normalized spacial score (nSPS) is 14.1. The lowest BCUT2D eigenvalue weighted by atomic mass is 10.0. The quantitative estimate of drug-likeness (QED) is 0.521. The number of para-hydroxylation sites is 1. The van der Waals surface area contributed by atoms with Crippen molar-refractivity contribution in [3.8, 4) is 0 Å². The number of nitrogens with zero attached hydrogens (tertiary/aromatic N) is 1. The Hall–Kier alpha value is -1.10. The van der Waals surface area contributed by atoms with Crippen LogP contribution in [-0.4, -0.2) is 28.0 Å². The van der Waals surface area contributed by atoms with Gasteiger partial charge in [0.2, 0.25) is 0 Å².